The topological polar surface area (TPSA) is 69.6 Å². The van der Waals surface area contributed by atoms with Gasteiger partial charge < -0.3 is 15.3 Å². The van der Waals surface area contributed by atoms with Gasteiger partial charge in [0, 0.05) is 20.6 Å². The van der Waals surface area contributed by atoms with Crippen molar-refractivity contribution in [2.45, 2.75) is 46.6 Å². The standard InChI is InChI=1S/C13H22N2O3.C2H6.H2/c1-10(2)3-4-12(17)14-11-5-7-15(8-6-11)13(18)9-16;1-2;/h3-4,10-11,16H,5-9H2,1-2H3,(H,14,17);1-2H3;1H/b4-3+;;. The maximum atomic E-state index is 11.6. The maximum Gasteiger partial charge on any atom is 0.248 e. The summed E-state index contributed by atoms with van der Waals surface area (Å²) >= 11 is 0. The lowest BCUT2D eigenvalue weighted by molar-refractivity contribution is -0.135. The maximum absolute atomic E-state index is 11.6. The summed E-state index contributed by atoms with van der Waals surface area (Å²) in [7, 11) is 0. The summed E-state index contributed by atoms with van der Waals surface area (Å²) in [5.74, 6) is 0.0508. The summed E-state index contributed by atoms with van der Waals surface area (Å²) in [5, 5.41) is 11.7. The first-order valence-corrected chi connectivity index (χ1v) is 7.40. The van der Waals surface area contributed by atoms with E-state index in [0.717, 1.165) is 12.8 Å². The minimum absolute atomic E-state index is 0. The molecular formula is C15H30N2O3. The Bertz CT molecular complexity index is 325. The molecule has 1 saturated heterocycles. The van der Waals surface area contributed by atoms with Crippen molar-refractivity contribution in [1.82, 2.24) is 10.2 Å². The molecule has 20 heavy (non-hydrogen) atoms. The third kappa shape index (κ3) is 7.28. The van der Waals surface area contributed by atoms with Crippen LogP contribution in [0.15, 0.2) is 12.2 Å². The lowest BCUT2D eigenvalue weighted by Crippen LogP contribution is -2.47. The highest BCUT2D eigenvalue weighted by molar-refractivity contribution is 5.87. The van der Waals surface area contributed by atoms with Gasteiger partial charge in [0.05, 0.1) is 0 Å². The second kappa shape index (κ2) is 10.4. The first-order valence-electron chi connectivity index (χ1n) is 7.40. The van der Waals surface area contributed by atoms with E-state index in [-0.39, 0.29) is 19.3 Å². The number of hydrogen-bond donors (Lipinski definition) is 2. The number of rotatable bonds is 4. The molecule has 0 unspecified atom stereocenters. The number of amides is 2. The van der Waals surface area contributed by atoms with Crippen molar-refractivity contribution in [2.24, 2.45) is 5.92 Å². The molecule has 1 aliphatic rings. The number of piperidine rings is 1. The zero-order valence-electron chi connectivity index (χ0n) is 13.1. The fraction of sp³-hybridized carbons (Fsp3) is 0.733. The Kier molecular flexibility index (Phi) is 9.72. The van der Waals surface area contributed by atoms with Crippen LogP contribution in [-0.2, 0) is 9.59 Å². The number of nitrogens with zero attached hydrogens (tertiary/aromatic N) is 1. The molecule has 5 nitrogen and oxygen atoms in total. The molecule has 1 rings (SSSR count). The summed E-state index contributed by atoms with van der Waals surface area (Å²) < 4.78 is 0. The number of aliphatic hydroxyl groups is 1. The number of nitrogens with one attached hydrogen (secondary N) is 1. The molecule has 2 amide bonds. The minimum Gasteiger partial charge on any atom is -0.387 e. The summed E-state index contributed by atoms with van der Waals surface area (Å²) in [6.45, 7) is 8.79. The van der Waals surface area contributed by atoms with E-state index in [1.165, 1.54) is 0 Å². The van der Waals surface area contributed by atoms with Crippen molar-refractivity contribution in [2.75, 3.05) is 19.7 Å². The fourth-order valence-corrected chi connectivity index (χ4v) is 1.90. The van der Waals surface area contributed by atoms with Gasteiger partial charge in [0.25, 0.3) is 0 Å². The van der Waals surface area contributed by atoms with E-state index in [4.69, 9.17) is 5.11 Å². The fourth-order valence-electron chi connectivity index (χ4n) is 1.90. The monoisotopic (exact) mass is 286 g/mol. The van der Waals surface area contributed by atoms with E-state index in [1.54, 1.807) is 11.0 Å². The summed E-state index contributed by atoms with van der Waals surface area (Å²) in [6.07, 6.45) is 4.91. The van der Waals surface area contributed by atoms with Gasteiger partial charge in [-0.05, 0) is 24.8 Å². The molecule has 0 aromatic heterocycles. The molecule has 2 N–H and O–H groups in total. The molecule has 1 aliphatic heterocycles. The molecule has 0 radical (unpaired) electrons. The Morgan fingerprint density at radius 3 is 2.35 bits per heavy atom. The average molecular weight is 286 g/mol. The molecule has 0 aliphatic carbocycles. The van der Waals surface area contributed by atoms with Gasteiger partial charge in [0.2, 0.25) is 11.8 Å². The normalized spacial score (nSPS) is 16.0. The number of carbonyl (C=O) groups is 2. The Labute approximate surface area is 123 Å². The van der Waals surface area contributed by atoms with Crippen molar-refractivity contribution < 1.29 is 16.1 Å². The van der Waals surface area contributed by atoms with Gasteiger partial charge in [-0.3, -0.25) is 9.59 Å². The zero-order chi connectivity index (χ0) is 15.5. The first-order chi connectivity index (χ1) is 9.52. The minimum atomic E-state index is -0.436. The quantitative estimate of drug-likeness (QED) is 0.771. The Morgan fingerprint density at radius 2 is 1.90 bits per heavy atom. The third-order valence-electron chi connectivity index (χ3n) is 2.96. The van der Waals surface area contributed by atoms with E-state index in [2.05, 4.69) is 5.32 Å². The van der Waals surface area contributed by atoms with Crippen LogP contribution in [0.25, 0.3) is 0 Å². The smallest absolute Gasteiger partial charge is 0.248 e. The van der Waals surface area contributed by atoms with Crippen LogP contribution in [0.4, 0.5) is 0 Å². The van der Waals surface area contributed by atoms with E-state index in [0.29, 0.717) is 19.0 Å². The van der Waals surface area contributed by atoms with Gasteiger partial charge in [-0.15, -0.1) is 0 Å². The van der Waals surface area contributed by atoms with Crippen LogP contribution in [0.1, 0.15) is 42.0 Å². The van der Waals surface area contributed by atoms with Crippen LogP contribution in [0.5, 0.6) is 0 Å². The second-order valence-electron chi connectivity index (χ2n) is 4.92. The van der Waals surface area contributed by atoms with E-state index >= 15 is 0 Å². The van der Waals surface area contributed by atoms with Crippen molar-refractivity contribution in [3.8, 4) is 0 Å². The van der Waals surface area contributed by atoms with Gasteiger partial charge in [0.15, 0.2) is 0 Å². The molecule has 0 aromatic carbocycles. The molecule has 0 atom stereocenters. The van der Waals surface area contributed by atoms with Gasteiger partial charge in [-0.25, -0.2) is 0 Å². The highest BCUT2D eigenvalue weighted by Gasteiger charge is 2.22. The van der Waals surface area contributed by atoms with Crippen LogP contribution < -0.4 is 5.32 Å². The van der Waals surface area contributed by atoms with Crippen LogP contribution in [0.3, 0.4) is 0 Å². The van der Waals surface area contributed by atoms with Crippen molar-refractivity contribution >= 4 is 11.8 Å². The number of hydrogen-bond acceptors (Lipinski definition) is 3. The molecule has 0 aromatic rings. The predicted molar refractivity (Wildman–Crippen MR) is 82.3 cm³/mol. The predicted octanol–water partition coefficient (Wildman–Crippen LogP) is 1.57. The first kappa shape index (κ1) is 18.6. The molecular weight excluding hydrogens is 256 g/mol. The molecule has 0 saturated carbocycles. The molecule has 1 heterocycles. The lowest BCUT2D eigenvalue weighted by atomic mass is 10.0. The van der Waals surface area contributed by atoms with Crippen molar-refractivity contribution in [3.63, 3.8) is 0 Å². The van der Waals surface area contributed by atoms with E-state index in [9.17, 15) is 9.59 Å². The number of allylic oxidation sites excluding steroid dienone is 1. The largest absolute Gasteiger partial charge is 0.387 e. The highest BCUT2D eigenvalue weighted by atomic mass is 16.3. The Balaban J connectivity index is 0. The molecule has 1 fully saturated rings. The van der Waals surface area contributed by atoms with E-state index in [1.807, 2.05) is 33.8 Å². The Morgan fingerprint density at radius 1 is 1.35 bits per heavy atom. The SMILES string of the molecule is CC.CC(C)/C=C/C(=O)NC1CCN(C(=O)CO)CC1.[HH]. The van der Waals surface area contributed by atoms with Crippen molar-refractivity contribution in [1.29, 1.82) is 0 Å². The summed E-state index contributed by atoms with van der Waals surface area (Å²) in [6, 6.07) is 0.122. The average Bonchev–Trinajstić information content (AvgIpc) is 2.47. The molecule has 5 heteroatoms. The number of likely N-dealkylation sites (tertiary alicyclic amines) is 1. The highest BCUT2D eigenvalue weighted by Crippen LogP contribution is 2.10. The van der Waals surface area contributed by atoms with Crippen LogP contribution in [-0.4, -0.2) is 47.6 Å². The summed E-state index contributed by atoms with van der Waals surface area (Å²) in [5.41, 5.74) is 0. The molecule has 118 valence electrons. The van der Waals surface area contributed by atoms with Crippen molar-refractivity contribution in [3.05, 3.63) is 12.2 Å². The number of carbonyl (C=O) groups excluding carboxylic acids is 2. The summed E-state index contributed by atoms with van der Waals surface area (Å²) in [4.78, 5) is 24.5. The van der Waals surface area contributed by atoms with Crippen LogP contribution in [0, 0.1) is 5.92 Å². The van der Waals surface area contributed by atoms with Crippen LogP contribution >= 0.6 is 0 Å². The third-order valence-corrected chi connectivity index (χ3v) is 2.96. The van der Waals surface area contributed by atoms with Gasteiger partial charge in [0.1, 0.15) is 6.61 Å². The molecule has 0 spiro atoms. The van der Waals surface area contributed by atoms with Gasteiger partial charge >= 0.3 is 0 Å². The van der Waals surface area contributed by atoms with Gasteiger partial charge in [-0.2, -0.15) is 0 Å². The lowest BCUT2D eigenvalue weighted by Gasteiger charge is -2.31. The number of aliphatic hydroxyl groups excluding tert-OH is 1. The second-order valence-corrected chi connectivity index (χ2v) is 4.92. The Hall–Kier alpha value is -1.36. The zero-order valence-corrected chi connectivity index (χ0v) is 13.1. The van der Waals surface area contributed by atoms with Gasteiger partial charge in [-0.1, -0.05) is 33.8 Å². The van der Waals surface area contributed by atoms with Crippen LogP contribution in [0.2, 0.25) is 0 Å². The van der Waals surface area contributed by atoms with E-state index < -0.39 is 6.61 Å². The molecule has 0 bridgehead atoms.